The fourth-order valence-corrected chi connectivity index (χ4v) is 5.94. The van der Waals surface area contributed by atoms with Crippen LogP contribution in [-0.4, -0.2) is 65.8 Å². The molecule has 0 saturated heterocycles. The van der Waals surface area contributed by atoms with Crippen molar-refractivity contribution < 1.29 is 19.4 Å². The Morgan fingerprint density at radius 1 is 1.18 bits per heavy atom. The summed E-state index contributed by atoms with van der Waals surface area (Å²) in [4.78, 5) is 39.4. The van der Waals surface area contributed by atoms with Gasteiger partial charge in [0, 0.05) is 31.2 Å². The Kier molecular flexibility index (Phi) is 7.17. The number of anilines is 4. The van der Waals surface area contributed by atoms with E-state index in [0.717, 1.165) is 25.1 Å². The summed E-state index contributed by atoms with van der Waals surface area (Å²) in [6.45, 7) is 4.57. The fraction of sp³-hybridized carbons (Fsp3) is 0.571. The number of aliphatic hydroxyl groups excluding tert-OH is 1. The molecular weight excluding hydrogens is 484 g/mol. The monoisotopic (exact) mass is 522 g/mol. The molecule has 2 saturated carbocycles. The smallest absolute Gasteiger partial charge is 0.251 e. The third-order valence-electron chi connectivity index (χ3n) is 8.05. The lowest BCUT2D eigenvalue weighted by Crippen LogP contribution is -2.45. The predicted molar refractivity (Wildman–Crippen MR) is 146 cm³/mol. The van der Waals surface area contributed by atoms with Gasteiger partial charge in [-0.15, -0.1) is 0 Å². The number of aliphatic hydroxyl groups is 1. The number of nitrogens with one attached hydrogen (secondary N) is 2. The molecule has 5 rings (SSSR count). The van der Waals surface area contributed by atoms with Crippen molar-refractivity contribution >= 4 is 35.0 Å². The van der Waals surface area contributed by atoms with Crippen molar-refractivity contribution in [2.45, 2.75) is 77.0 Å². The van der Waals surface area contributed by atoms with Crippen molar-refractivity contribution in [3.63, 3.8) is 0 Å². The van der Waals surface area contributed by atoms with E-state index in [2.05, 4.69) is 20.5 Å². The quantitative estimate of drug-likeness (QED) is 0.526. The van der Waals surface area contributed by atoms with Gasteiger partial charge >= 0.3 is 0 Å². The molecule has 2 amide bonds. The minimum Gasteiger partial charge on any atom is -0.495 e. The van der Waals surface area contributed by atoms with E-state index in [4.69, 9.17) is 9.72 Å². The van der Waals surface area contributed by atoms with Crippen LogP contribution >= 0.6 is 0 Å². The van der Waals surface area contributed by atoms with E-state index in [9.17, 15) is 14.7 Å². The largest absolute Gasteiger partial charge is 0.495 e. The zero-order valence-corrected chi connectivity index (χ0v) is 22.7. The maximum Gasteiger partial charge on any atom is 0.251 e. The summed E-state index contributed by atoms with van der Waals surface area (Å²) in [5, 5.41) is 16.0. The van der Waals surface area contributed by atoms with Crippen molar-refractivity contribution in [1.82, 2.24) is 15.3 Å². The zero-order chi connectivity index (χ0) is 27.0. The number of rotatable bonds is 6. The first-order valence-corrected chi connectivity index (χ1v) is 13.5. The Morgan fingerprint density at radius 2 is 1.95 bits per heavy atom. The molecule has 38 heavy (non-hydrogen) atoms. The molecule has 0 radical (unpaired) electrons. The maximum absolute atomic E-state index is 13.2. The van der Waals surface area contributed by atoms with E-state index in [-0.39, 0.29) is 24.0 Å². The van der Waals surface area contributed by atoms with Crippen LogP contribution in [0.2, 0.25) is 0 Å². The number of hydrogen-bond acceptors (Lipinski definition) is 8. The number of amides is 2. The molecule has 0 unspecified atom stereocenters. The molecule has 1 aromatic heterocycles. The van der Waals surface area contributed by atoms with Gasteiger partial charge in [0.2, 0.25) is 11.9 Å². The van der Waals surface area contributed by atoms with Crippen LogP contribution in [0.4, 0.5) is 23.1 Å². The highest BCUT2D eigenvalue weighted by Gasteiger charge is 2.41. The third kappa shape index (κ3) is 5.14. The van der Waals surface area contributed by atoms with Crippen molar-refractivity contribution in [2.75, 3.05) is 35.8 Å². The van der Waals surface area contributed by atoms with Gasteiger partial charge in [-0.25, -0.2) is 4.98 Å². The number of aromatic nitrogens is 2. The summed E-state index contributed by atoms with van der Waals surface area (Å²) in [6.07, 6.45) is 7.92. The molecule has 2 aliphatic carbocycles. The Balaban J connectivity index is 1.41. The van der Waals surface area contributed by atoms with Crippen LogP contribution in [0.15, 0.2) is 24.4 Å². The highest BCUT2D eigenvalue weighted by Crippen LogP contribution is 2.40. The van der Waals surface area contributed by atoms with Crippen LogP contribution < -0.4 is 25.2 Å². The van der Waals surface area contributed by atoms with E-state index in [0.29, 0.717) is 54.1 Å². The van der Waals surface area contributed by atoms with Crippen molar-refractivity contribution in [2.24, 2.45) is 5.41 Å². The summed E-state index contributed by atoms with van der Waals surface area (Å²) < 4.78 is 5.59. The lowest BCUT2D eigenvalue weighted by atomic mass is 9.91. The van der Waals surface area contributed by atoms with E-state index in [1.54, 1.807) is 43.5 Å². The van der Waals surface area contributed by atoms with Gasteiger partial charge in [0.15, 0.2) is 5.82 Å². The summed E-state index contributed by atoms with van der Waals surface area (Å²) in [6, 6.07) is 5.51. The molecule has 3 N–H and O–H groups in total. The van der Waals surface area contributed by atoms with Gasteiger partial charge in [-0.1, -0.05) is 12.8 Å². The molecule has 1 aliphatic heterocycles. The average Bonchev–Trinajstić information content (AvgIpc) is 3.57. The van der Waals surface area contributed by atoms with E-state index >= 15 is 0 Å². The Bertz CT molecular complexity index is 1210. The van der Waals surface area contributed by atoms with E-state index in [1.807, 2.05) is 13.8 Å². The molecule has 0 bridgehead atoms. The molecule has 10 heteroatoms. The highest BCUT2D eigenvalue weighted by atomic mass is 16.5. The SMILES string of the molecule is COc1cc(C(=O)N[C@@H]2CC[C@@H](O)C2)ccc1Nc1ncc2c(n1)N(C1CCCC1)CC(C)(C)C(=O)N2C. The van der Waals surface area contributed by atoms with Gasteiger partial charge in [0.25, 0.3) is 5.91 Å². The molecule has 2 fully saturated rings. The molecule has 2 heterocycles. The Labute approximate surface area is 223 Å². The van der Waals surface area contributed by atoms with Crippen LogP contribution in [0, 0.1) is 5.41 Å². The molecule has 2 atom stereocenters. The molecule has 3 aliphatic rings. The minimum atomic E-state index is -0.554. The van der Waals surface area contributed by atoms with Crippen LogP contribution in [0.25, 0.3) is 0 Å². The van der Waals surface area contributed by atoms with Gasteiger partial charge in [-0.05, 0) is 64.2 Å². The number of carbonyl (C=O) groups is 2. The van der Waals surface area contributed by atoms with Gasteiger partial charge in [0.1, 0.15) is 11.4 Å². The Hall–Kier alpha value is -3.40. The summed E-state index contributed by atoms with van der Waals surface area (Å²) in [5.74, 6) is 1.49. The average molecular weight is 523 g/mol. The topological polar surface area (TPSA) is 120 Å². The fourth-order valence-electron chi connectivity index (χ4n) is 5.94. The van der Waals surface area contributed by atoms with Gasteiger partial charge in [0.05, 0.1) is 30.5 Å². The number of nitrogens with zero attached hydrogens (tertiary/aromatic N) is 4. The highest BCUT2D eigenvalue weighted by molar-refractivity contribution is 6.01. The second-order valence-corrected chi connectivity index (χ2v) is 11.4. The zero-order valence-electron chi connectivity index (χ0n) is 22.7. The summed E-state index contributed by atoms with van der Waals surface area (Å²) in [7, 11) is 3.34. The van der Waals surface area contributed by atoms with Gasteiger partial charge in [-0.2, -0.15) is 4.98 Å². The number of ether oxygens (including phenoxy) is 1. The third-order valence-corrected chi connectivity index (χ3v) is 8.05. The van der Waals surface area contributed by atoms with Gasteiger partial charge < -0.3 is 30.3 Å². The lowest BCUT2D eigenvalue weighted by Gasteiger charge is -2.34. The summed E-state index contributed by atoms with van der Waals surface area (Å²) in [5.41, 5.74) is 1.26. The first-order chi connectivity index (χ1) is 18.2. The van der Waals surface area contributed by atoms with E-state index < -0.39 is 5.41 Å². The van der Waals surface area contributed by atoms with Crippen LogP contribution in [0.1, 0.15) is 69.2 Å². The molecular formula is C28H38N6O4. The van der Waals surface area contributed by atoms with Crippen molar-refractivity contribution in [1.29, 1.82) is 0 Å². The summed E-state index contributed by atoms with van der Waals surface area (Å²) >= 11 is 0. The number of carbonyl (C=O) groups excluding carboxylic acids is 2. The molecule has 204 valence electrons. The second-order valence-electron chi connectivity index (χ2n) is 11.4. The normalized spacial score (nSPS) is 23.2. The number of fused-ring (bicyclic) bond motifs is 1. The lowest BCUT2D eigenvalue weighted by molar-refractivity contribution is -0.125. The standard InChI is InChI=1S/C28H38N6O4/c1-28(2)16-34(19-7-5-6-8-19)24-22(33(3)26(28)37)15-29-27(32-24)31-21-12-9-17(13-23(21)38-4)25(36)30-18-10-11-20(35)14-18/h9,12-13,15,18-20,35H,5-8,10-11,14,16H2,1-4H3,(H,30,36)(H,29,31,32)/t18-,20-/m1/s1. The van der Waals surface area contributed by atoms with Crippen LogP contribution in [0.5, 0.6) is 5.75 Å². The second kappa shape index (κ2) is 10.4. The first kappa shape index (κ1) is 26.2. The van der Waals surface area contributed by atoms with Crippen LogP contribution in [-0.2, 0) is 4.79 Å². The van der Waals surface area contributed by atoms with E-state index in [1.165, 1.54) is 12.8 Å². The molecule has 2 aromatic rings. The molecule has 0 spiro atoms. The predicted octanol–water partition coefficient (Wildman–Crippen LogP) is 3.62. The first-order valence-electron chi connectivity index (χ1n) is 13.5. The van der Waals surface area contributed by atoms with Crippen molar-refractivity contribution in [3.05, 3.63) is 30.0 Å². The number of methoxy groups -OCH3 is 1. The Morgan fingerprint density at radius 3 is 2.63 bits per heavy atom. The molecule has 1 aromatic carbocycles. The number of hydrogen-bond donors (Lipinski definition) is 3. The van der Waals surface area contributed by atoms with Gasteiger partial charge in [-0.3, -0.25) is 9.59 Å². The number of benzene rings is 1. The van der Waals surface area contributed by atoms with Crippen LogP contribution in [0.3, 0.4) is 0 Å². The maximum atomic E-state index is 13.2. The molecule has 10 nitrogen and oxygen atoms in total. The minimum absolute atomic E-state index is 0.0212. The van der Waals surface area contributed by atoms with Crippen molar-refractivity contribution in [3.8, 4) is 5.75 Å².